The van der Waals surface area contributed by atoms with Crippen LogP contribution in [0.3, 0.4) is 0 Å². The maximum Gasteiger partial charge on any atom is 0.257 e. The van der Waals surface area contributed by atoms with Crippen LogP contribution in [0.2, 0.25) is 0 Å². The number of fused-ring (bicyclic) bond motifs is 1. The molecule has 3 N–H and O–H groups in total. The molecule has 2 fully saturated rings. The Morgan fingerprint density at radius 1 is 1.20 bits per heavy atom. The summed E-state index contributed by atoms with van der Waals surface area (Å²) >= 11 is 0. The van der Waals surface area contributed by atoms with E-state index in [1.807, 2.05) is 6.07 Å². The third-order valence-corrected chi connectivity index (χ3v) is 6.44. The molecule has 9 nitrogen and oxygen atoms in total. The molecular formula is C26H28N6O3. The minimum absolute atomic E-state index is 0.0903. The molecule has 0 aliphatic carbocycles. The Balaban J connectivity index is 1.26. The number of hydrogen-bond acceptors (Lipinski definition) is 6. The number of likely N-dealkylation sites (tertiary alicyclic amines) is 1. The predicted octanol–water partition coefficient (Wildman–Crippen LogP) is 2.94. The van der Waals surface area contributed by atoms with Gasteiger partial charge in [-0.2, -0.15) is 0 Å². The molecule has 5 rings (SSSR count). The van der Waals surface area contributed by atoms with Crippen molar-refractivity contribution in [3.63, 3.8) is 0 Å². The van der Waals surface area contributed by atoms with E-state index in [4.69, 9.17) is 4.74 Å². The number of pyridine rings is 2. The number of carbonyl (C=O) groups is 2. The quantitative estimate of drug-likeness (QED) is 0.492. The number of H-pyrrole nitrogens is 1. The van der Waals surface area contributed by atoms with Gasteiger partial charge in [0, 0.05) is 17.6 Å². The van der Waals surface area contributed by atoms with Crippen molar-refractivity contribution in [2.24, 2.45) is 5.92 Å². The fourth-order valence-electron chi connectivity index (χ4n) is 4.24. The van der Waals surface area contributed by atoms with E-state index in [2.05, 4.69) is 49.3 Å². The van der Waals surface area contributed by atoms with Crippen LogP contribution < -0.4 is 10.6 Å². The SMILES string of the molecule is Cc1ncc(NC(=O)CN2CCC[C@@H]2C)cc1NC(=O)c1cnc2[nH]c(C#CC3COC3)cc2c1. The first kappa shape index (κ1) is 23.0. The summed E-state index contributed by atoms with van der Waals surface area (Å²) < 4.78 is 5.14. The van der Waals surface area contributed by atoms with Crippen LogP contribution in [0.25, 0.3) is 11.0 Å². The molecule has 3 aromatic rings. The number of carbonyl (C=O) groups excluding carboxylic acids is 2. The van der Waals surface area contributed by atoms with E-state index in [1.165, 1.54) is 6.20 Å². The monoisotopic (exact) mass is 472 g/mol. The molecule has 3 aromatic heterocycles. The van der Waals surface area contributed by atoms with Crippen molar-refractivity contribution in [2.45, 2.75) is 32.7 Å². The molecule has 0 saturated carbocycles. The van der Waals surface area contributed by atoms with Gasteiger partial charge < -0.3 is 20.4 Å². The summed E-state index contributed by atoms with van der Waals surface area (Å²) in [4.78, 5) is 39.5. The third kappa shape index (κ3) is 5.34. The second-order valence-electron chi connectivity index (χ2n) is 9.17. The van der Waals surface area contributed by atoms with Crippen LogP contribution in [0, 0.1) is 24.7 Å². The van der Waals surface area contributed by atoms with E-state index in [1.54, 1.807) is 25.3 Å². The van der Waals surface area contributed by atoms with Gasteiger partial charge in [-0.05, 0) is 57.4 Å². The highest BCUT2D eigenvalue weighted by Gasteiger charge is 2.22. The molecule has 1 atom stereocenters. The molecule has 9 heteroatoms. The lowest BCUT2D eigenvalue weighted by Gasteiger charge is -2.20. The smallest absolute Gasteiger partial charge is 0.257 e. The molecule has 0 bridgehead atoms. The van der Waals surface area contributed by atoms with Crippen LogP contribution in [0.1, 0.15) is 41.5 Å². The maximum atomic E-state index is 13.0. The van der Waals surface area contributed by atoms with Crippen molar-refractivity contribution in [3.8, 4) is 11.8 Å². The van der Waals surface area contributed by atoms with Crippen LogP contribution in [0.5, 0.6) is 0 Å². The Hall–Kier alpha value is -3.74. The van der Waals surface area contributed by atoms with Gasteiger partial charge in [0.2, 0.25) is 5.91 Å². The summed E-state index contributed by atoms with van der Waals surface area (Å²) in [5, 5.41) is 6.59. The molecule has 0 radical (unpaired) electrons. The van der Waals surface area contributed by atoms with Crippen LogP contribution in [-0.4, -0.2) is 64.0 Å². The Morgan fingerprint density at radius 2 is 2.06 bits per heavy atom. The molecule has 5 heterocycles. The van der Waals surface area contributed by atoms with Gasteiger partial charge in [0.1, 0.15) is 5.65 Å². The molecule has 0 spiro atoms. The zero-order valence-electron chi connectivity index (χ0n) is 19.9. The summed E-state index contributed by atoms with van der Waals surface area (Å²) in [6.07, 6.45) is 5.35. The lowest BCUT2D eigenvalue weighted by Crippen LogP contribution is -2.35. The Bertz CT molecular complexity index is 1330. The number of aromatic nitrogens is 3. The van der Waals surface area contributed by atoms with Crippen molar-refractivity contribution in [3.05, 3.63) is 47.5 Å². The average Bonchev–Trinajstić information content (AvgIpc) is 3.39. The van der Waals surface area contributed by atoms with Gasteiger partial charge in [0.15, 0.2) is 0 Å². The van der Waals surface area contributed by atoms with Crippen LogP contribution >= 0.6 is 0 Å². The van der Waals surface area contributed by atoms with Gasteiger partial charge in [0.25, 0.3) is 5.91 Å². The van der Waals surface area contributed by atoms with E-state index in [-0.39, 0.29) is 17.7 Å². The molecule has 2 aliphatic heterocycles. The normalized spacial score (nSPS) is 18.1. The average molecular weight is 473 g/mol. The molecule has 35 heavy (non-hydrogen) atoms. The first-order valence-corrected chi connectivity index (χ1v) is 11.8. The zero-order chi connectivity index (χ0) is 24.4. The lowest BCUT2D eigenvalue weighted by molar-refractivity contribution is -0.117. The summed E-state index contributed by atoms with van der Waals surface area (Å²) in [7, 11) is 0. The van der Waals surface area contributed by atoms with Crippen LogP contribution in [-0.2, 0) is 9.53 Å². The Labute approximate surface area is 203 Å². The molecule has 2 saturated heterocycles. The topological polar surface area (TPSA) is 112 Å². The number of aromatic amines is 1. The van der Waals surface area contributed by atoms with Crippen molar-refractivity contribution in [1.29, 1.82) is 0 Å². The highest BCUT2D eigenvalue weighted by Crippen LogP contribution is 2.21. The fraction of sp³-hybridized carbons (Fsp3) is 0.385. The van der Waals surface area contributed by atoms with E-state index in [0.29, 0.717) is 54.1 Å². The van der Waals surface area contributed by atoms with E-state index in [9.17, 15) is 9.59 Å². The van der Waals surface area contributed by atoms with Crippen LogP contribution in [0.15, 0.2) is 30.6 Å². The molecule has 2 aliphatic rings. The molecule has 0 unspecified atom stereocenters. The van der Waals surface area contributed by atoms with E-state index >= 15 is 0 Å². The minimum atomic E-state index is -0.306. The summed E-state index contributed by atoms with van der Waals surface area (Å²) in [5.74, 6) is 6.15. The first-order valence-electron chi connectivity index (χ1n) is 11.8. The highest BCUT2D eigenvalue weighted by atomic mass is 16.5. The number of ether oxygens (including phenoxy) is 1. The van der Waals surface area contributed by atoms with Gasteiger partial charge in [-0.3, -0.25) is 19.5 Å². The third-order valence-electron chi connectivity index (χ3n) is 6.44. The summed E-state index contributed by atoms with van der Waals surface area (Å²) in [6, 6.07) is 5.80. The number of amides is 2. The first-order chi connectivity index (χ1) is 16.9. The summed E-state index contributed by atoms with van der Waals surface area (Å²) in [6.45, 7) is 6.57. The predicted molar refractivity (Wildman–Crippen MR) is 133 cm³/mol. The molecule has 180 valence electrons. The highest BCUT2D eigenvalue weighted by molar-refractivity contribution is 6.06. The number of nitrogens with one attached hydrogen (secondary N) is 3. The number of anilines is 2. The van der Waals surface area contributed by atoms with Crippen molar-refractivity contribution >= 4 is 34.2 Å². The zero-order valence-corrected chi connectivity index (χ0v) is 19.9. The number of aryl methyl sites for hydroxylation is 1. The fourth-order valence-corrected chi connectivity index (χ4v) is 4.24. The van der Waals surface area contributed by atoms with Crippen molar-refractivity contribution in [1.82, 2.24) is 19.9 Å². The minimum Gasteiger partial charge on any atom is -0.379 e. The summed E-state index contributed by atoms with van der Waals surface area (Å²) in [5.41, 5.74) is 3.57. The Kier molecular flexibility index (Phi) is 6.49. The standard InChI is InChI=1S/C26H28N6O3/c1-16-4-3-7-32(16)13-24(33)29-22-10-23(17(2)27-12-22)31-26(34)20-8-19-9-21(30-25(19)28-11-20)6-5-18-14-35-15-18/h8-12,16,18H,3-4,7,13-15H2,1-2H3,(H,28,30)(H,29,33)(H,31,34)/t16-/m0/s1. The van der Waals surface area contributed by atoms with E-state index < -0.39 is 0 Å². The Morgan fingerprint density at radius 3 is 2.80 bits per heavy atom. The molecule has 0 aromatic carbocycles. The van der Waals surface area contributed by atoms with Gasteiger partial charge in [-0.1, -0.05) is 5.92 Å². The van der Waals surface area contributed by atoms with Gasteiger partial charge >= 0.3 is 0 Å². The maximum absolute atomic E-state index is 13.0. The van der Waals surface area contributed by atoms with Gasteiger partial charge in [0.05, 0.1) is 60.2 Å². The molecule has 2 amide bonds. The van der Waals surface area contributed by atoms with E-state index in [0.717, 1.165) is 30.5 Å². The lowest BCUT2D eigenvalue weighted by atomic mass is 10.1. The molecular weight excluding hydrogens is 444 g/mol. The largest absolute Gasteiger partial charge is 0.379 e. The van der Waals surface area contributed by atoms with Crippen LogP contribution in [0.4, 0.5) is 11.4 Å². The number of hydrogen-bond donors (Lipinski definition) is 3. The van der Waals surface area contributed by atoms with Gasteiger partial charge in [-0.25, -0.2) is 4.98 Å². The number of rotatable bonds is 5. The van der Waals surface area contributed by atoms with Crippen molar-refractivity contribution in [2.75, 3.05) is 36.9 Å². The van der Waals surface area contributed by atoms with Crippen molar-refractivity contribution < 1.29 is 14.3 Å². The number of nitrogens with zero attached hydrogens (tertiary/aromatic N) is 3. The second kappa shape index (κ2) is 9.86. The second-order valence-corrected chi connectivity index (χ2v) is 9.17. The van der Waals surface area contributed by atoms with Gasteiger partial charge in [-0.15, -0.1) is 0 Å².